The number of hydrogen-bond donors (Lipinski definition) is 2. The molecular weight excluding hydrogens is 451 g/mol. The predicted molar refractivity (Wildman–Crippen MR) is 110 cm³/mol. The van der Waals surface area contributed by atoms with Crippen LogP contribution in [0, 0.1) is 0 Å². The second kappa shape index (κ2) is 10.3. The predicted octanol–water partition coefficient (Wildman–Crippen LogP) is 3.10. The van der Waals surface area contributed by atoms with E-state index < -0.39 is 24.4 Å². The lowest BCUT2D eigenvalue weighted by molar-refractivity contribution is -0.274. The fourth-order valence-electron chi connectivity index (χ4n) is 3.17. The van der Waals surface area contributed by atoms with Gasteiger partial charge in [-0.15, -0.1) is 24.9 Å². The molecule has 1 amide bonds. The van der Waals surface area contributed by atoms with E-state index >= 15 is 0 Å². The van der Waals surface area contributed by atoms with E-state index in [0.717, 1.165) is 0 Å². The number of nitrogens with zero attached hydrogens (tertiary/aromatic N) is 1. The number of thioether (sulfide) groups is 1. The molecule has 0 spiro atoms. The second-order valence-electron chi connectivity index (χ2n) is 6.90. The van der Waals surface area contributed by atoms with E-state index in [-0.39, 0.29) is 30.6 Å². The Kier molecular flexibility index (Phi) is 7.75. The Bertz CT molecular complexity index is 925. The minimum atomic E-state index is -4.78. The van der Waals surface area contributed by atoms with Crippen LogP contribution >= 0.6 is 11.8 Å². The van der Waals surface area contributed by atoms with Gasteiger partial charge in [-0.2, -0.15) is 0 Å². The molecule has 1 fully saturated rings. The Morgan fingerprint density at radius 3 is 2.50 bits per heavy atom. The summed E-state index contributed by atoms with van der Waals surface area (Å²) in [4.78, 5) is 14.2. The molecule has 1 aliphatic heterocycles. The molecule has 11 heteroatoms. The van der Waals surface area contributed by atoms with Crippen molar-refractivity contribution in [3.05, 3.63) is 53.6 Å². The minimum absolute atomic E-state index is 0.150. The Morgan fingerprint density at radius 2 is 1.88 bits per heavy atom. The summed E-state index contributed by atoms with van der Waals surface area (Å²) in [6, 6.07) is 10.4. The smallest absolute Gasteiger partial charge is 0.496 e. The van der Waals surface area contributed by atoms with Crippen LogP contribution in [0.2, 0.25) is 0 Å². The molecule has 0 radical (unpaired) electrons. The van der Waals surface area contributed by atoms with E-state index in [2.05, 4.69) is 4.74 Å². The summed E-state index contributed by atoms with van der Waals surface area (Å²) in [5.41, 5.74) is 1.21. The average molecular weight is 473 g/mol. The highest BCUT2D eigenvalue weighted by atomic mass is 32.2. The van der Waals surface area contributed by atoms with Crippen molar-refractivity contribution in [2.75, 3.05) is 26.1 Å². The van der Waals surface area contributed by atoms with Crippen LogP contribution < -0.4 is 14.2 Å². The lowest BCUT2D eigenvalue weighted by Crippen LogP contribution is -2.28. The molecule has 0 bridgehead atoms. The van der Waals surface area contributed by atoms with E-state index in [1.165, 1.54) is 43.1 Å². The molecule has 0 aliphatic carbocycles. The van der Waals surface area contributed by atoms with Gasteiger partial charge in [0.1, 0.15) is 35.3 Å². The molecule has 3 rings (SSSR count). The van der Waals surface area contributed by atoms with Crippen molar-refractivity contribution in [2.45, 2.75) is 24.4 Å². The number of carbonyl (C=O) groups is 1. The molecule has 0 saturated carbocycles. The molecule has 2 unspecified atom stereocenters. The number of rotatable bonds is 9. The first-order chi connectivity index (χ1) is 15.2. The molecule has 1 aliphatic rings. The zero-order chi connectivity index (χ0) is 23.3. The second-order valence-corrected chi connectivity index (χ2v) is 7.96. The zero-order valence-corrected chi connectivity index (χ0v) is 17.9. The Morgan fingerprint density at radius 1 is 1.19 bits per heavy atom. The van der Waals surface area contributed by atoms with Crippen molar-refractivity contribution in [2.24, 2.45) is 0 Å². The Hall–Kier alpha value is -2.63. The number of ether oxygens (including phenoxy) is 3. The molecule has 7 nitrogen and oxygen atoms in total. The van der Waals surface area contributed by atoms with Gasteiger partial charge in [0.05, 0.1) is 25.0 Å². The van der Waals surface area contributed by atoms with Crippen molar-refractivity contribution in [3.8, 4) is 17.2 Å². The molecule has 0 aromatic heterocycles. The van der Waals surface area contributed by atoms with Crippen LogP contribution in [0.25, 0.3) is 0 Å². The Labute approximate surface area is 186 Å². The standard InChI is InChI=1S/C21H22F3NO6S/c1-29-16-3-2-4-17(30-11-14(27)10-26)19(16)20-25(18(28)12-32-20)9-13-5-7-15(8-6-13)31-21(22,23)24/h2-8,14,20,26-27H,9-12H2,1H3. The van der Waals surface area contributed by atoms with Gasteiger partial charge in [-0.25, -0.2) is 0 Å². The fraction of sp³-hybridized carbons (Fsp3) is 0.381. The summed E-state index contributed by atoms with van der Waals surface area (Å²) in [5.74, 6) is 0.581. The topological polar surface area (TPSA) is 88.5 Å². The van der Waals surface area contributed by atoms with Crippen LogP contribution in [0.1, 0.15) is 16.5 Å². The van der Waals surface area contributed by atoms with E-state index in [9.17, 15) is 23.1 Å². The monoisotopic (exact) mass is 473 g/mol. The van der Waals surface area contributed by atoms with Crippen LogP contribution in [-0.2, 0) is 11.3 Å². The lowest BCUT2D eigenvalue weighted by Gasteiger charge is -2.27. The number of hydrogen-bond acceptors (Lipinski definition) is 7. The summed E-state index contributed by atoms with van der Waals surface area (Å²) >= 11 is 1.36. The van der Waals surface area contributed by atoms with Gasteiger partial charge in [-0.1, -0.05) is 18.2 Å². The van der Waals surface area contributed by atoms with Crippen LogP contribution in [0.4, 0.5) is 13.2 Å². The fourth-order valence-corrected chi connectivity index (χ4v) is 4.40. The molecule has 1 saturated heterocycles. The average Bonchev–Trinajstić information content (AvgIpc) is 3.11. The van der Waals surface area contributed by atoms with Gasteiger partial charge in [0.2, 0.25) is 5.91 Å². The molecular formula is C21H22F3NO6S. The van der Waals surface area contributed by atoms with Gasteiger partial charge in [-0.05, 0) is 29.8 Å². The summed E-state index contributed by atoms with van der Waals surface area (Å²) < 4.78 is 52.1. The highest BCUT2D eigenvalue weighted by Gasteiger charge is 2.37. The third-order valence-electron chi connectivity index (χ3n) is 4.61. The normalized spacial score (nSPS) is 17.4. The first-order valence-electron chi connectivity index (χ1n) is 9.56. The van der Waals surface area contributed by atoms with Gasteiger partial charge < -0.3 is 29.3 Å². The highest BCUT2D eigenvalue weighted by molar-refractivity contribution is 8.00. The van der Waals surface area contributed by atoms with Gasteiger partial charge in [0, 0.05) is 6.54 Å². The molecule has 174 valence electrons. The van der Waals surface area contributed by atoms with E-state index in [1.54, 1.807) is 23.1 Å². The third kappa shape index (κ3) is 5.99. The van der Waals surface area contributed by atoms with E-state index in [4.69, 9.17) is 14.6 Å². The number of benzene rings is 2. The summed E-state index contributed by atoms with van der Waals surface area (Å²) in [7, 11) is 1.48. The van der Waals surface area contributed by atoms with Crippen LogP contribution in [-0.4, -0.2) is 59.6 Å². The molecule has 1 heterocycles. The number of aliphatic hydroxyl groups is 2. The van der Waals surface area contributed by atoms with Gasteiger partial charge >= 0.3 is 6.36 Å². The van der Waals surface area contributed by atoms with E-state index in [1.807, 2.05) is 0 Å². The van der Waals surface area contributed by atoms with Crippen LogP contribution in [0.5, 0.6) is 17.2 Å². The SMILES string of the molecule is COc1cccc(OCC(O)CO)c1C1SCC(=O)N1Cc1ccc(OC(F)(F)F)cc1. The maximum absolute atomic E-state index is 12.6. The molecule has 2 N–H and O–H groups in total. The van der Waals surface area contributed by atoms with Crippen molar-refractivity contribution in [1.82, 2.24) is 4.90 Å². The number of amides is 1. The molecule has 32 heavy (non-hydrogen) atoms. The summed E-state index contributed by atoms with van der Waals surface area (Å²) in [5, 5.41) is 18.2. The van der Waals surface area contributed by atoms with Crippen molar-refractivity contribution in [3.63, 3.8) is 0 Å². The number of alkyl halides is 3. The molecule has 2 aromatic rings. The zero-order valence-electron chi connectivity index (χ0n) is 17.0. The number of aliphatic hydroxyl groups excluding tert-OH is 2. The largest absolute Gasteiger partial charge is 0.573 e. The van der Waals surface area contributed by atoms with Gasteiger partial charge in [-0.3, -0.25) is 4.79 Å². The third-order valence-corrected chi connectivity index (χ3v) is 5.83. The van der Waals surface area contributed by atoms with Crippen molar-refractivity contribution < 1.29 is 42.4 Å². The summed E-state index contributed by atoms with van der Waals surface area (Å²) in [6.07, 6.45) is -5.85. The lowest BCUT2D eigenvalue weighted by atomic mass is 10.1. The van der Waals surface area contributed by atoms with Crippen molar-refractivity contribution >= 4 is 17.7 Å². The van der Waals surface area contributed by atoms with Gasteiger partial charge in [0.25, 0.3) is 0 Å². The van der Waals surface area contributed by atoms with Crippen LogP contribution in [0.3, 0.4) is 0 Å². The number of methoxy groups -OCH3 is 1. The van der Waals surface area contributed by atoms with Crippen LogP contribution in [0.15, 0.2) is 42.5 Å². The minimum Gasteiger partial charge on any atom is -0.496 e. The number of halogens is 3. The number of carbonyl (C=O) groups excluding carboxylic acids is 1. The Balaban J connectivity index is 1.84. The highest BCUT2D eigenvalue weighted by Crippen LogP contribution is 2.47. The van der Waals surface area contributed by atoms with Crippen molar-refractivity contribution in [1.29, 1.82) is 0 Å². The molecule has 2 atom stereocenters. The van der Waals surface area contributed by atoms with E-state index in [0.29, 0.717) is 22.6 Å². The maximum Gasteiger partial charge on any atom is 0.573 e. The quantitative estimate of drug-likeness (QED) is 0.579. The molecule has 2 aromatic carbocycles. The van der Waals surface area contributed by atoms with Gasteiger partial charge in [0.15, 0.2) is 0 Å². The summed E-state index contributed by atoms with van der Waals surface area (Å²) in [6.45, 7) is -0.460. The first-order valence-corrected chi connectivity index (χ1v) is 10.6. The maximum atomic E-state index is 12.6. The first kappa shape index (κ1) is 24.0.